The van der Waals surface area contributed by atoms with Gasteiger partial charge in [0.15, 0.2) is 5.17 Å². The molecule has 1 saturated heterocycles. The highest BCUT2D eigenvalue weighted by Crippen LogP contribution is 2.23. The van der Waals surface area contributed by atoms with Crippen LogP contribution in [0, 0.1) is 6.92 Å². The average Bonchev–Trinajstić information content (AvgIpc) is 2.72. The maximum Gasteiger partial charge on any atom is 0.335 e. The first-order valence-corrected chi connectivity index (χ1v) is 10.00. The van der Waals surface area contributed by atoms with E-state index in [2.05, 4.69) is 20.8 Å². The molecule has 1 unspecified atom stereocenters. The molecule has 1 atom stereocenters. The lowest BCUT2D eigenvalue weighted by molar-refractivity contribution is -0.123. The average molecular weight is 424 g/mol. The summed E-state index contributed by atoms with van der Waals surface area (Å²) >= 11 is 1.12. The Bertz CT molecular complexity index is 1030. The number of carbonyl (C=O) groups is 3. The summed E-state index contributed by atoms with van der Waals surface area (Å²) in [6.45, 7) is 3.81. The Morgan fingerprint density at radius 1 is 1.10 bits per heavy atom. The molecule has 8 nitrogen and oxygen atoms in total. The second-order valence-electron chi connectivity index (χ2n) is 6.69. The zero-order chi connectivity index (χ0) is 21.7. The number of amidine groups is 1. The molecule has 2 aromatic carbocycles. The second kappa shape index (κ2) is 9.36. The first-order chi connectivity index (χ1) is 14.3. The number of hydrogen-bond acceptors (Lipinski definition) is 6. The van der Waals surface area contributed by atoms with Crippen molar-refractivity contribution in [2.24, 2.45) is 10.2 Å². The number of amides is 2. The molecule has 2 amide bonds. The van der Waals surface area contributed by atoms with E-state index in [9.17, 15) is 14.4 Å². The molecule has 1 aliphatic rings. The van der Waals surface area contributed by atoms with Gasteiger partial charge < -0.3 is 15.7 Å². The van der Waals surface area contributed by atoms with Crippen molar-refractivity contribution in [2.75, 3.05) is 5.32 Å². The predicted octanol–water partition coefficient (Wildman–Crippen LogP) is 3.03. The van der Waals surface area contributed by atoms with Gasteiger partial charge in [0.25, 0.3) is 0 Å². The summed E-state index contributed by atoms with van der Waals surface area (Å²) in [7, 11) is 0. The molecule has 0 saturated carbocycles. The van der Waals surface area contributed by atoms with Crippen molar-refractivity contribution in [1.82, 2.24) is 5.32 Å². The van der Waals surface area contributed by atoms with Crippen LogP contribution in [0.2, 0.25) is 0 Å². The molecule has 3 N–H and O–H groups in total. The molecule has 0 aromatic heterocycles. The number of carboxylic acid groups (broad SMARTS) is 1. The van der Waals surface area contributed by atoms with Crippen LogP contribution in [0.25, 0.3) is 0 Å². The second-order valence-corrected chi connectivity index (χ2v) is 7.88. The fraction of sp³-hybridized carbons (Fsp3) is 0.190. The maximum atomic E-state index is 12.5. The first-order valence-electron chi connectivity index (χ1n) is 9.12. The van der Waals surface area contributed by atoms with Gasteiger partial charge in [-0.2, -0.15) is 5.10 Å². The predicted molar refractivity (Wildman–Crippen MR) is 117 cm³/mol. The van der Waals surface area contributed by atoms with Crippen LogP contribution in [0.15, 0.2) is 58.7 Å². The monoisotopic (exact) mass is 424 g/mol. The summed E-state index contributed by atoms with van der Waals surface area (Å²) in [6.07, 6.45) is 0.00336. The number of carbonyl (C=O) groups excluding carboxylic acids is 2. The van der Waals surface area contributed by atoms with Crippen molar-refractivity contribution in [3.8, 4) is 0 Å². The third kappa shape index (κ3) is 5.54. The van der Waals surface area contributed by atoms with Gasteiger partial charge in [0.05, 0.1) is 11.3 Å². The quantitative estimate of drug-likeness (QED) is 0.503. The van der Waals surface area contributed by atoms with Gasteiger partial charge in [-0.1, -0.05) is 41.6 Å². The SMILES string of the molecule is CC(=NN=C1NC(=O)CC(C(=O)Nc2ccc(C(=O)O)cc2)S1)c1ccc(C)cc1. The highest BCUT2D eigenvalue weighted by molar-refractivity contribution is 8.15. The molecule has 2 aromatic rings. The number of aromatic carboxylic acids is 1. The standard InChI is InChI=1S/C21H20N4O4S/c1-12-3-5-14(6-4-12)13(2)24-25-21-23-18(26)11-17(30-21)19(27)22-16-9-7-15(8-10-16)20(28)29/h3-10,17H,11H2,1-2H3,(H,22,27)(H,28,29)(H,23,25,26). The fourth-order valence-corrected chi connectivity index (χ4v) is 3.56. The van der Waals surface area contributed by atoms with Crippen molar-refractivity contribution in [1.29, 1.82) is 0 Å². The highest BCUT2D eigenvalue weighted by Gasteiger charge is 2.30. The van der Waals surface area contributed by atoms with Crippen molar-refractivity contribution >= 4 is 46.1 Å². The largest absolute Gasteiger partial charge is 0.478 e. The summed E-state index contributed by atoms with van der Waals surface area (Å²) in [5, 5.41) is 22.1. The van der Waals surface area contributed by atoms with Crippen molar-refractivity contribution in [2.45, 2.75) is 25.5 Å². The van der Waals surface area contributed by atoms with Crippen LogP contribution >= 0.6 is 11.8 Å². The first kappa shape index (κ1) is 21.3. The summed E-state index contributed by atoms with van der Waals surface area (Å²) in [5.74, 6) is -1.74. The van der Waals surface area contributed by atoms with E-state index >= 15 is 0 Å². The normalized spacial score (nSPS) is 18.1. The number of anilines is 1. The van der Waals surface area contributed by atoms with Gasteiger partial charge in [0.1, 0.15) is 5.25 Å². The lowest BCUT2D eigenvalue weighted by Crippen LogP contribution is -2.41. The Morgan fingerprint density at radius 3 is 2.37 bits per heavy atom. The zero-order valence-electron chi connectivity index (χ0n) is 16.4. The van der Waals surface area contributed by atoms with Crippen LogP contribution in [0.1, 0.15) is 34.8 Å². The van der Waals surface area contributed by atoms with Crippen LogP contribution in [0.5, 0.6) is 0 Å². The molecule has 1 aliphatic heterocycles. The Hall–Kier alpha value is -3.46. The van der Waals surface area contributed by atoms with E-state index < -0.39 is 11.2 Å². The van der Waals surface area contributed by atoms with E-state index in [-0.39, 0.29) is 29.0 Å². The number of benzene rings is 2. The van der Waals surface area contributed by atoms with E-state index in [1.165, 1.54) is 24.3 Å². The highest BCUT2D eigenvalue weighted by atomic mass is 32.2. The molecule has 154 valence electrons. The van der Waals surface area contributed by atoms with Gasteiger partial charge in [-0.25, -0.2) is 4.79 Å². The van der Waals surface area contributed by atoms with Gasteiger partial charge in [-0.3, -0.25) is 9.59 Å². The topological polar surface area (TPSA) is 120 Å². The van der Waals surface area contributed by atoms with Crippen molar-refractivity contribution in [3.63, 3.8) is 0 Å². The van der Waals surface area contributed by atoms with Crippen molar-refractivity contribution in [3.05, 3.63) is 65.2 Å². The molecule has 1 heterocycles. The van der Waals surface area contributed by atoms with Gasteiger partial charge in [-0.05, 0) is 43.7 Å². The number of aryl methyl sites for hydroxylation is 1. The molecule has 0 aliphatic carbocycles. The number of thioether (sulfide) groups is 1. The molecule has 30 heavy (non-hydrogen) atoms. The number of nitrogens with one attached hydrogen (secondary N) is 2. The minimum absolute atomic E-state index is 0.00336. The van der Waals surface area contributed by atoms with Crippen molar-refractivity contribution < 1.29 is 19.5 Å². The van der Waals surface area contributed by atoms with E-state index in [0.29, 0.717) is 11.4 Å². The molecule has 0 radical (unpaired) electrons. The molecular weight excluding hydrogens is 404 g/mol. The molecule has 0 bridgehead atoms. The zero-order valence-corrected chi connectivity index (χ0v) is 17.2. The smallest absolute Gasteiger partial charge is 0.335 e. The maximum absolute atomic E-state index is 12.5. The van der Waals surface area contributed by atoms with Gasteiger partial charge in [-0.15, -0.1) is 5.10 Å². The minimum Gasteiger partial charge on any atom is -0.478 e. The molecular formula is C21H20N4O4S. The number of carboxylic acids is 1. The van der Waals surface area contributed by atoms with E-state index in [0.717, 1.165) is 22.9 Å². The number of rotatable bonds is 5. The van der Waals surface area contributed by atoms with Crippen LogP contribution < -0.4 is 10.6 Å². The minimum atomic E-state index is -1.05. The lowest BCUT2D eigenvalue weighted by Gasteiger charge is -2.21. The molecule has 9 heteroatoms. The Morgan fingerprint density at radius 2 is 1.73 bits per heavy atom. The molecule has 3 rings (SSSR count). The lowest BCUT2D eigenvalue weighted by atomic mass is 10.1. The van der Waals surface area contributed by atoms with E-state index in [4.69, 9.17) is 5.11 Å². The third-order valence-corrected chi connectivity index (χ3v) is 5.40. The van der Waals surface area contributed by atoms with Crippen LogP contribution in [0.4, 0.5) is 5.69 Å². The van der Waals surface area contributed by atoms with Crippen LogP contribution in [-0.2, 0) is 9.59 Å². The number of nitrogens with zero attached hydrogens (tertiary/aromatic N) is 2. The summed E-state index contributed by atoms with van der Waals surface area (Å²) in [5.41, 5.74) is 3.30. The number of hydrogen-bond donors (Lipinski definition) is 3. The Kier molecular flexibility index (Phi) is 6.63. The molecule has 0 spiro atoms. The molecule has 1 fully saturated rings. The Balaban J connectivity index is 1.68. The summed E-state index contributed by atoms with van der Waals surface area (Å²) in [6, 6.07) is 13.6. The third-order valence-electron chi connectivity index (χ3n) is 4.32. The van der Waals surface area contributed by atoms with Crippen LogP contribution in [-0.4, -0.2) is 39.0 Å². The summed E-state index contributed by atoms with van der Waals surface area (Å²) < 4.78 is 0. The fourth-order valence-electron chi connectivity index (χ4n) is 2.63. The van der Waals surface area contributed by atoms with Crippen LogP contribution in [0.3, 0.4) is 0 Å². The Labute approximate surface area is 177 Å². The van der Waals surface area contributed by atoms with E-state index in [1.807, 2.05) is 38.1 Å². The van der Waals surface area contributed by atoms with Gasteiger partial charge >= 0.3 is 5.97 Å². The summed E-state index contributed by atoms with van der Waals surface area (Å²) in [4.78, 5) is 35.5. The van der Waals surface area contributed by atoms with Gasteiger partial charge in [0, 0.05) is 12.1 Å². The van der Waals surface area contributed by atoms with E-state index in [1.54, 1.807) is 0 Å². The van der Waals surface area contributed by atoms with Gasteiger partial charge in [0.2, 0.25) is 11.8 Å².